The summed E-state index contributed by atoms with van der Waals surface area (Å²) in [6.45, 7) is 3.19. The topological polar surface area (TPSA) is 99.2 Å². The van der Waals surface area contributed by atoms with E-state index in [1.807, 2.05) is 61.5 Å². The van der Waals surface area contributed by atoms with Gasteiger partial charge >= 0.3 is 5.97 Å². The fourth-order valence-electron chi connectivity index (χ4n) is 3.09. The van der Waals surface area contributed by atoms with Crippen LogP contribution >= 0.6 is 0 Å². The molecule has 1 N–H and O–H groups in total. The monoisotopic (exact) mass is 416 g/mol. The van der Waals surface area contributed by atoms with Gasteiger partial charge in [-0.3, -0.25) is 4.79 Å². The first kappa shape index (κ1) is 20.1. The molecule has 0 aliphatic carbocycles. The Kier molecular flexibility index (Phi) is 5.61. The standard InChI is InChI=1S/C23H20N4O4/c1-15-8-6-7-11-18(15)22-19(13-27(25-22)17-9-4-3-5-10-17)23(29)30-14-21(28)24-20-12-16(2)31-26-20/h3-13H,14H2,1-2H3,(H,24,26,28). The maximum atomic E-state index is 12.9. The summed E-state index contributed by atoms with van der Waals surface area (Å²) < 4.78 is 11.8. The van der Waals surface area contributed by atoms with Crippen LogP contribution in [0.1, 0.15) is 21.7 Å². The summed E-state index contributed by atoms with van der Waals surface area (Å²) in [5, 5.41) is 10.8. The number of nitrogens with one attached hydrogen (secondary N) is 1. The molecule has 0 aliphatic rings. The molecule has 0 bridgehead atoms. The quantitative estimate of drug-likeness (QED) is 0.478. The van der Waals surface area contributed by atoms with Crippen LogP contribution in [0.25, 0.3) is 16.9 Å². The Hall–Kier alpha value is -4.20. The SMILES string of the molecule is Cc1cc(NC(=O)COC(=O)c2cn(-c3ccccc3)nc2-c2ccccc2C)no1. The number of benzene rings is 2. The summed E-state index contributed by atoms with van der Waals surface area (Å²) in [6.07, 6.45) is 1.61. The van der Waals surface area contributed by atoms with Gasteiger partial charge in [0.25, 0.3) is 5.91 Å². The molecule has 8 nitrogen and oxygen atoms in total. The van der Waals surface area contributed by atoms with E-state index in [0.717, 1.165) is 16.8 Å². The predicted molar refractivity (Wildman–Crippen MR) is 114 cm³/mol. The lowest BCUT2D eigenvalue weighted by Gasteiger charge is -2.06. The zero-order valence-corrected chi connectivity index (χ0v) is 17.0. The first-order valence-electron chi connectivity index (χ1n) is 9.62. The molecule has 4 aromatic rings. The van der Waals surface area contributed by atoms with Gasteiger partial charge in [0.05, 0.1) is 5.69 Å². The van der Waals surface area contributed by atoms with Crippen molar-refractivity contribution in [3.05, 3.63) is 83.7 Å². The Morgan fingerprint density at radius 3 is 2.52 bits per heavy atom. The van der Waals surface area contributed by atoms with Gasteiger partial charge in [-0.25, -0.2) is 9.48 Å². The number of carbonyl (C=O) groups excluding carboxylic acids is 2. The van der Waals surface area contributed by atoms with Crippen LogP contribution in [0.4, 0.5) is 5.82 Å². The van der Waals surface area contributed by atoms with Crippen LogP contribution in [-0.2, 0) is 9.53 Å². The summed E-state index contributed by atoms with van der Waals surface area (Å²) in [5.74, 6) is -0.346. The molecule has 31 heavy (non-hydrogen) atoms. The number of carbonyl (C=O) groups is 2. The van der Waals surface area contributed by atoms with Gasteiger partial charge in [-0.05, 0) is 31.5 Å². The van der Waals surface area contributed by atoms with Crippen molar-refractivity contribution in [2.24, 2.45) is 0 Å². The van der Waals surface area contributed by atoms with E-state index in [0.29, 0.717) is 11.5 Å². The molecule has 4 rings (SSSR count). The van der Waals surface area contributed by atoms with Crippen LogP contribution in [0.3, 0.4) is 0 Å². The normalized spacial score (nSPS) is 10.6. The van der Waals surface area contributed by atoms with E-state index >= 15 is 0 Å². The number of esters is 1. The molecule has 1 amide bonds. The average molecular weight is 416 g/mol. The Labute approximate surface area is 178 Å². The average Bonchev–Trinajstić information content (AvgIpc) is 3.39. The third-order valence-electron chi connectivity index (χ3n) is 4.58. The number of rotatable bonds is 6. The fourth-order valence-corrected chi connectivity index (χ4v) is 3.09. The van der Waals surface area contributed by atoms with Gasteiger partial charge in [0, 0.05) is 17.8 Å². The van der Waals surface area contributed by atoms with Crippen molar-refractivity contribution in [3.8, 4) is 16.9 Å². The predicted octanol–water partition coefficient (Wildman–Crippen LogP) is 3.94. The Morgan fingerprint density at radius 1 is 1.06 bits per heavy atom. The van der Waals surface area contributed by atoms with Crippen molar-refractivity contribution in [2.75, 3.05) is 11.9 Å². The van der Waals surface area contributed by atoms with Crippen molar-refractivity contribution in [1.29, 1.82) is 0 Å². The molecular formula is C23H20N4O4. The second kappa shape index (κ2) is 8.66. The molecule has 2 aromatic heterocycles. The molecule has 0 unspecified atom stereocenters. The van der Waals surface area contributed by atoms with E-state index in [2.05, 4.69) is 15.6 Å². The van der Waals surface area contributed by atoms with Crippen molar-refractivity contribution in [1.82, 2.24) is 14.9 Å². The highest BCUT2D eigenvalue weighted by Gasteiger charge is 2.22. The van der Waals surface area contributed by atoms with Gasteiger partial charge in [0.15, 0.2) is 12.4 Å². The smallest absolute Gasteiger partial charge is 0.342 e. The number of aryl methyl sites for hydroxylation is 2. The molecule has 0 spiro atoms. The number of hydrogen-bond acceptors (Lipinski definition) is 6. The molecule has 8 heteroatoms. The maximum absolute atomic E-state index is 12.9. The highest BCUT2D eigenvalue weighted by molar-refractivity contribution is 5.98. The maximum Gasteiger partial charge on any atom is 0.342 e. The second-order valence-corrected chi connectivity index (χ2v) is 6.93. The lowest BCUT2D eigenvalue weighted by Crippen LogP contribution is -2.21. The van der Waals surface area contributed by atoms with Crippen molar-refractivity contribution >= 4 is 17.7 Å². The van der Waals surface area contributed by atoms with E-state index in [-0.39, 0.29) is 11.4 Å². The molecular weight excluding hydrogens is 396 g/mol. The van der Waals surface area contributed by atoms with E-state index in [9.17, 15) is 9.59 Å². The molecule has 2 aromatic carbocycles. The summed E-state index contributed by atoms with van der Waals surface area (Å²) in [5.41, 5.74) is 3.33. The minimum atomic E-state index is -0.646. The zero-order chi connectivity index (χ0) is 21.8. The fraction of sp³-hybridized carbons (Fsp3) is 0.130. The highest BCUT2D eigenvalue weighted by Crippen LogP contribution is 2.27. The van der Waals surface area contributed by atoms with Gasteiger partial charge in [0.2, 0.25) is 0 Å². The van der Waals surface area contributed by atoms with Gasteiger partial charge in [-0.1, -0.05) is 47.6 Å². The molecule has 0 fully saturated rings. The van der Waals surface area contributed by atoms with Gasteiger partial charge in [-0.15, -0.1) is 0 Å². The van der Waals surface area contributed by atoms with Crippen LogP contribution in [0.2, 0.25) is 0 Å². The largest absolute Gasteiger partial charge is 0.452 e. The van der Waals surface area contributed by atoms with Crippen LogP contribution in [0, 0.1) is 13.8 Å². The molecule has 2 heterocycles. The number of aromatic nitrogens is 3. The molecule has 156 valence electrons. The van der Waals surface area contributed by atoms with E-state index in [4.69, 9.17) is 9.26 Å². The lowest BCUT2D eigenvalue weighted by atomic mass is 10.0. The Bertz CT molecular complexity index is 1230. The van der Waals surface area contributed by atoms with E-state index < -0.39 is 18.5 Å². The number of nitrogens with zero attached hydrogens (tertiary/aromatic N) is 3. The third-order valence-corrected chi connectivity index (χ3v) is 4.58. The molecule has 0 saturated carbocycles. The van der Waals surface area contributed by atoms with Crippen molar-refractivity contribution < 1.29 is 18.8 Å². The van der Waals surface area contributed by atoms with E-state index in [1.165, 1.54) is 0 Å². The lowest BCUT2D eigenvalue weighted by molar-refractivity contribution is -0.119. The Balaban J connectivity index is 1.58. The minimum absolute atomic E-state index is 0.260. The number of hydrogen-bond donors (Lipinski definition) is 1. The van der Waals surface area contributed by atoms with Gasteiger partial charge in [0.1, 0.15) is 17.0 Å². The van der Waals surface area contributed by atoms with Gasteiger partial charge < -0.3 is 14.6 Å². The molecule has 0 atom stereocenters. The van der Waals surface area contributed by atoms with Crippen LogP contribution in [0.5, 0.6) is 0 Å². The molecule has 0 aliphatic heterocycles. The first-order valence-corrected chi connectivity index (χ1v) is 9.62. The molecule has 0 saturated heterocycles. The third kappa shape index (κ3) is 4.53. The molecule has 0 radical (unpaired) electrons. The van der Waals surface area contributed by atoms with Crippen molar-refractivity contribution in [2.45, 2.75) is 13.8 Å². The van der Waals surface area contributed by atoms with E-state index in [1.54, 1.807) is 23.9 Å². The number of para-hydroxylation sites is 1. The number of amides is 1. The summed E-state index contributed by atoms with van der Waals surface area (Å²) in [4.78, 5) is 25.0. The van der Waals surface area contributed by atoms with Crippen LogP contribution < -0.4 is 5.32 Å². The Morgan fingerprint density at radius 2 is 1.81 bits per heavy atom. The first-order chi connectivity index (χ1) is 15.0. The summed E-state index contributed by atoms with van der Waals surface area (Å²) in [7, 11) is 0. The second-order valence-electron chi connectivity index (χ2n) is 6.93. The summed E-state index contributed by atoms with van der Waals surface area (Å²) >= 11 is 0. The minimum Gasteiger partial charge on any atom is -0.452 e. The van der Waals surface area contributed by atoms with Crippen LogP contribution in [0.15, 0.2) is 71.4 Å². The number of ether oxygens (including phenoxy) is 1. The summed E-state index contributed by atoms with van der Waals surface area (Å²) in [6, 6.07) is 18.7. The van der Waals surface area contributed by atoms with Gasteiger partial charge in [-0.2, -0.15) is 5.10 Å². The zero-order valence-electron chi connectivity index (χ0n) is 17.0. The van der Waals surface area contributed by atoms with Crippen molar-refractivity contribution in [3.63, 3.8) is 0 Å². The van der Waals surface area contributed by atoms with Crippen LogP contribution in [-0.4, -0.2) is 33.4 Å². The highest BCUT2D eigenvalue weighted by atomic mass is 16.5. The number of anilines is 1.